The van der Waals surface area contributed by atoms with Crippen molar-refractivity contribution in [1.82, 2.24) is 4.57 Å². The van der Waals surface area contributed by atoms with E-state index >= 15 is 0 Å². The van der Waals surface area contributed by atoms with Gasteiger partial charge in [-0.05, 0) is 41.7 Å². The van der Waals surface area contributed by atoms with Gasteiger partial charge in [-0.2, -0.15) is 0 Å². The molecule has 0 radical (unpaired) electrons. The molecule has 0 atom stereocenters. The van der Waals surface area contributed by atoms with Gasteiger partial charge in [-0.3, -0.25) is 14.4 Å². The molecule has 172 valence electrons. The molecule has 2 N–H and O–H groups in total. The average molecular weight is 455 g/mol. The van der Waals surface area contributed by atoms with Gasteiger partial charge in [-0.1, -0.05) is 66.7 Å². The standard InChI is InChI=1S/C28H26N2O4/c1-18-25(27(32)28(29)33)26-20(15-16-24(31)34-2)12-8-14-23(26)30(18)17-21-11-6-7-13-22(21)19-9-4-3-5-10-19/h3-14H,15-17H2,1-2H3,(H2,29,33). The summed E-state index contributed by atoms with van der Waals surface area (Å²) in [6.07, 6.45) is 0.550. The Hall–Kier alpha value is -4.19. The van der Waals surface area contributed by atoms with Gasteiger partial charge in [0.25, 0.3) is 11.7 Å². The molecule has 0 saturated carbocycles. The summed E-state index contributed by atoms with van der Waals surface area (Å²) in [5.74, 6) is -2.08. The highest BCUT2D eigenvalue weighted by atomic mass is 16.5. The maximum Gasteiger partial charge on any atom is 0.305 e. The third-order valence-electron chi connectivity index (χ3n) is 6.14. The topological polar surface area (TPSA) is 91.4 Å². The number of carbonyl (C=O) groups is 3. The molecule has 0 aliphatic rings. The maximum atomic E-state index is 12.9. The van der Waals surface area contributed by atoms with Crippen molar-refractivity contribution in [2.24, 2.45) is 5.73 Å². The van der Waals surface area contributed by atoms with Gasteiger partial charge in [0.05, 0.1) is 12.7 Å². The van der Waals surface area contributed by atoms with Gasteiger partial charge in [-0.25, -0.2) is 0 Å². The van der Waals surface area contributed by atoms with Crippen molar-refractivity contribution in [3.63, 3.8) is 0 Å². The van der Waals surface area contributed by atoms with Crippen molar-refractivity contribution in [1.29, 1.82) is 0 Å². The third kappa shape index (κ3) is 4.35. The number of rotatable bonds is 8. The molecule has 34 heavy (non-hydrogen) atoms. The number of fused-ring (bicyclic) bond motifs is 1. The Bertz CT molecular complexity index is 1390. The van der Waals surface area contributed by atoms with Crippen LogP contribution >= 0.6 is 0 Å². The minimum absolute atomic E-state index is 0.168. The van der Waals surface area contributed by atoms with E-state index in [2.05, 4.69) is 24.3 Å². The molecule has 0 aliphatic heterocycles. The summed E-state index contributed by atoms with van der Waals surface area (Å²) >= 11 is 0. The van der Waals surface area contributed by atoms with E-state index in [0.717, 1.165) is 27.8 Å². The number of methoxy groups -OCH3 is 1. The Balaban J connectivity index is 1.88. The Morgan fingerprint density at radius 3 is 2.26 bits per heavy atom. The van der Waals surface area contributed by atoms with Gasteiger partial charge >= 0.3 is 5.97 Å². The predicted molar refractivity (Wildman–Crippen MR) is 132 cm³/mol. The number of aryl methyl sites for hydroxylation is 1. The number of esters is 1. The van der Waals surface area contributed by atoms with E-state index in [1.807, 2.05) is 60.0 Å². The van der Waals surface area contributed by atoms with Crippen molar-refractivity contribution in [2.45, 2.75) is 26.3 Å². The van der Waals surface area contributed by atoms with Crippen LogP contribution in [0.5, 0.6) is 0 Å². The van der Waals surface area contributed by atoms with Crippen LogP contribution in [0.25, 0.3) is 22.0 Å². The first-order valence-electron chi connectivity index (χ1n) is 11.1. The molecule has 0 saturated heterocycles. The number of benzene rings is 3. The number of ketones is 1. The van der Waals surface area contributed by atoms with Crippen molar-refractivity contribution in [2.75, 3.05) is 7.11 Å². The molecule has 4 rings (SSSR count). The van der Waals surface area contributed by atoms with E-state index in [1.165, 1.54) is 7.11 Å². The van der Waals surface area contributed by atoms with E-state index < -0.39 is 11.7 Å². The lowest BCUT2D eigenvalue weighted by Gasteiger charge is -2.14. The molecule has 1 aromatic heterocycles. The zero-order valence-corrected chi connectivity index (χ0v) is 19.2. The van der Waals surface area contributed by atoms with Crippen LogP contribution in [0.15, 0.2) is 72.8 Å². The Labute approximate surface area is 198 Å². The fraction of sp³-hybridized carbons (Fsp3) is 0.179. The first-order valence-corrected chi connectivity index (χ1v) is 11.1. The molecular formula is C28H26N2O4. The van der Waals surface area contributed by atoms with Gasteiger partial charge in [0, 0.05) is 29.6 Å². The van der Waals surface area contributed by atoms with Crippen LogP contribution in [0.3, 0.4) is 0 Å². The molecule has 6 heteroatoms. The lowest BCUT2D eigenvalue weighted by molar-refractivity contribution is -0.140. The molecule has 3 aromatic carbocycles. The minimum Gasteiger partial charge on any atom is -0.469 e. The number of primary amides is 1. The average Bonchev–Trinajstić information content (AvgIpc) is 3.14. The van der Waals surface area contributed by atoms with Gasteiger partial charge in [-0.15, -0.1) is 0 Å². The van der Waals surface area contributed by atoms with E-state index in [4.69, 9.17) is 10.5 Å². The number of aromatic nitrogens is 1. The molecule has 0 bridgehead atoms. The normalized spacial score (nSPS) is 10.9. The monoisotopic (exact) mass is 454 g/mol. The fourth-order valence-electron chi connectivity index (χ4n) is 4.48. The number of nitrogens with zero attached hydrogens (tertiary/aromatic N) is 1. The van der Waals surface area contributed by atoms with E-state index in [-0.39, 0.29) is 12.4 Å². The van der Waals surface area contributed by atoms with Crippen LogP contribution in [-0.4, -0.2) is 29.3 Å². The highest BCUT2D eigenvalue weighted by molar-refractivity contribution is 6.45. The first kappa shape index (κ1) is 23.0. The fourth-order valence-corrected chi connectivity index (χ4v) is 4.48. The SMILES string of the molecule is COC(=O)CCc1cccc2c1c(C(=O)C(N)=O)c(C)n2Cc1ccccc1-c1ccccc1. The van der Waals surface area contributed by atoms with Crippen molar-refractivity contribution in [3.8, 4) is 11.1 Å². The number of Topliss-reactive ketones (excluding diaryl/α,β-unsaturated/α-hetero) is 1. The van der Waals surface area contributed by atoms with Crippen LogP contribution in [0.1, 0.15) is 33.6 Å². The molecule has 1 heterocycles. The van der Waals surface area contributed by atoms with Gasteiger partial charge < -0.3 is 15.0 Å². The second-order valence-electron chi connectivity index (χ2n) is 8.15. The lowest BCUT2D eigenvalue weighted by Crippen LogP contribution is -2.24. The number of hydrogen-bond acceptors (Lipinski definition) is 4. The number of carbonyl (C=O) groups excluding carboxylic acids is 3. The number of amides is 1. The molecule has 1 amide bonds. The molecule has 0 spiro atoms. The largest absolute Gasteiger partial charge is 0.469 e. The molecule has 0 aliphatic carbocycles. The second-order valence-corrected chi connectivity index (χ2v) is 8.15. The highest BCUT2D eigenvalue weighted by Gasteiger charge is 2.25. The number of nitrogens with two attached hydrogens (primary N) is 1. The van der Waals surface area contributed by atoms with Crippen molar-refractivity contribution < 1.29 is 19.1 Å². The summed E-state index contributed by atoms with van der Waals surface area (Å²) in [5.41, 5.74) is 11.2. The predicted octanol–water partition coefficient (Wildman–Crippen LogP) is 4.44. The highest BCUT2D eigenvalue weighted by Crippen LogP contribution is 2.33. The first-order chi connectivity index (χ1) is 16.4. The quantitative estimate of drug-likeness (QED) is 0.242. The smallest absolute Gasteiger partial charge is 0.305 e. The zero-order valence-electron chi connectivity index (χ0n) is 19.2. The van der Waals surface area contributed by atoms with Crippen LogP contribution in [-0.2, 0) is 27.3 Å². The second kappa shape index (κ2) is 9.75. The Kier molecular flexibility index (Phi) is 6.59. The summed E-state index contributed by atoms with van der Waals surface area (Å²) in [7, 11) is 1.34. The third-order valence-corrected chi connectivity index (χ3v) is 6.14. The van der Waals surface area contributed by atoms with Crippen molar-refractivity contribution >= 4 is 28.6 Å². The summed E-state index contributed by atoms with van der Waals surface area (Å²) in [6.45, 7) is 2.32. The van der Waals surface area contributed by atoms with Crippen molar-refractivity contribution in [3.05, 3.63) is 95.2 Å². The minimum atomic E-state index is -1.00. The molecular weight excluding hydrogens is 428 g/mol. The van der Waals surface area contributed by atoms with Gasteiger partial charge in [0.15, 0.2) is 0 Å². The van der Waals surface area contributed by atoms with E-state index in [1.54, 1.807) is 0 Å². The number of ether oxygens (including phenoxy) is 1. The van der Waals surface area contributed by atoms with E-state index in [9.17, 15) is 14.4 Å². The Morgan fingerprint density at radius 1 is 0.882 bits per heavy atom. The van der Waals surface area contributed by atoms with Gasteiger partial charge in [0.2, 0.25) is 0 Å². The van der Waals surface area contributed by atoms with Crippen LogP contribution in [0.4, 0.5) is 0 Å². The van der Waals surface area contributed by atoms with Gasteiger partial charge in [0.1, 0.15) is 0 Å². The summed E-state index contributed by atoms with van der Waals surface area (Å²) in [6, 6.07) is 23.9. The van der Waals surface area contributed by atoms with Crippen LogP contribution in [0.2, 0.25) is 0 Å². The number of hydrogen-bond donors (Lipinski definition) is 1. The van der Waals surface area contributed by atoms with E-state index in [0.29, 0.717) is 29.6 Å². The van der Waals surface area contributed by atoms with Crippen LogP contribution < -0.4 is 5.73 Å². The van der Waals surface area contributed by atoms with Crippen LogP contribution in [0, 0.1) is 6.92 Å². The molecule has 0 fully saturated rings. The summed E-state index contributed by atoms with van der Waals surface area (Å²) in [4.78, 5) is 36.6. The summed E-state index contributed by atoms with van der Waals surface area (Å²) in [5, 5.41) is 0.657. The summed E-state index contributed by atoms with van der Waals surface area (Å²) < 4.78 is 6.81. The molecule has 4 aromatic rings. The maximum absolute atomic E-state index is 12.9. The molecule has 0 unspecified atom stereocenters. The Morgan fingerprint density at radius 2 is 1.56 bits per heavy atom. The molecule has 6 nitrogen and oxygen atoms in total. The zero-order chi connectivity index (χ0) is 24.2. The lowest BCUT2D eigenvalue weighted by atomic mass is 9.98.